The quantitative estimate of drug-likeness (QED) is 0.779. The van der Waals surface area contributed by atoms with Gasteiger partial charge in [-0.25, -0.2) is 0 Å². The number of amides is 1. The molecule has 0 aliphatic heterocycles. The number of nitrogens with one attached hydrogen (secondary N) is 1. The maximum Gasteiger partial charge on any atom is 0.309 e. The molecule has 0 aliphatic rings. The lowest BCUT2D eigenvalue weighted by molar-refractivity contribution is -0.148. The van der Waals surface area contributed by atoms with Crippen LogP contribution >= 0.6 is 0 Å². The zero-order chi connectivity index (χ0) is 11.5. The molecule has 15 heavy (non-hydrogen) atoms. The van der Waals surface area contributed by atoms with E-state index in [1.807, 2.05) is 0 Å². The van der Waals surface area contributed by atoms with Crippen molar-refractivity contribution < 1.29 is 19.2 Å². The molecule has 0 saturated heterocycles. The van der Waals surface area contributed by atoms with Crippen LogP contribution in [0, 0.1) is 5.41 Å². The molecule has 2 N–H and O–H groups in total. The van der Waals surface area contributed by atoms with Gasteiger partial charge in [0.15, 0.2) is 5.82 Å². The Morgan fingerprint density at radius 1 is 1.60 bits per heavy atom. The fourth-order valence-electron chi connectivity index (χ4n) is 0.941. The second kappa shape index (κ2) is 4.12. The molecule has 1 amide bonds. The Labute approximate surface area is 86.3 Å². The SMILES string of the molecule is CC(C)(CC(=O)Nc1ccon1)C(=O)O. The molecule has 0 saturated carbocycles. The number of carboxylic acids is 1. The zero-order valence-corrected chi connectivity index (χ0v) is 8.48. The number of rotatable bonds is 4. The number of hydrogen-bond acceptors (Lipinski definition) is 4. The van der Waals surface area contributed by atoms with Crippen LogP contribution in [0.1, 0.15) is 20.3 Å². The summed E-state index contributed by atoms with van der Waals surface area (Å²) in [7, 11) is 0. The van der Waals surface area contributed by atoms with Crippen molar-refractivity contribution in [2.75, 3.05) is 5.32 Å². The van der Waals surface area contributed by atoms with Gasteiger partial charge in [-0.05, 0) is 13.8 Å². The molecule has 0 spiro atoms. The van der Waals surface area contributed by atoms with Gasteiger partial charge in [0, 0.05) is 12.5 Å². The van der Waals surface area contributed by atoms with E-state index in [-0.39, 0.29) is 12.2 Å². The number of carbonyl (C=O) groups is 2. The van der Waals surface area contributed by atoms with Gasteiger partial charge in [0.25, 0.3) is 0 Å². The van der Waals surface area contributed by atoms with Crippen LogP contribution in [0.4, 0.5) is 5.82 Å². The summed E-state index contributed by atoms with van der Waals surface area (Å²) in [5.41, 5.74) is -1.09. The van der Waals surface area contributed by atoms with Crippen LogP contribution in [-0.4, -0.2) is 22.1 Å². The molecular formula is C9H12N2O4. The van der Waals surface area contributed by atoms with Crippen molar-refractivity contribution in [2.24, 2.45) is 5.41 Å². The highest BCUT2D eigenvalue weighted by Gasteiger charge is 2.30. The number of aliphatic carboxylic acids is 1. The van der Waals surface area contributed by atoms with E-state index < -0.39 is 17.3 Å². The van der Waals surface area contributed by atoms with Crippen molar-refractivity contribution >= 4 is 17.7 Å². The molecule has 82 valence electrons. The van der Waals surface area contributed by atoms with Crippen molar-refractivity contribution in [1.82, 2.24) is 5.16 Å². The number of carboxylic acid groups (broad SMARTS) is 1. The van der Waals surface area contributed by atoms with Crippen LogP contribution in [0.2, 0.25) is 0 Å². The minimum Gasteiger partial charge on any atom is -0.481 e. The normalized spacial score (nSPS) is 11.1. The van der Waals surface area contributed by atoms with Gasteiger partial charge in [0.2, 0.25) is 5.91 Å². The summed E-state index contributed by atoms with van der Waals surface area (Å²) in [4.78, 5) is 22.1. The lowest BCUT2D eigenvalue weighted by atomic mass is 9.89. The fourth-order valence-corrected chi connectivity index (χ4v) is 0.941. The van der Waals surface area contributed by atoms with Gasteiger partial charge in [0.1, 0.15) is 6.26 Å². The molecule has 1 aromatic heterocycles. The van der Waals surface area contributed by atoms with E-state index in [0.717, 1.165) is 0 Å². The van der Waals surface area contributed by atoms with Gasteiger partial charge in [0.05, 0.1) is 5.41 Å². The summed E-state index contributed by atoms with van der Waals surface area (Å²) in [5.74, 6) is -1.14. The van der Waals surface area contributed by atoms with Crippen LogP contribution in [0.5, 0.6) is 0 Å². The molecule has 0 atom stereocenters. The Kier molecular flexibility index (Phi) is 3.08. The summed E-state index contributed by atoms with van der Waals surface area (Å²) in [6.45, 7) is 2.97. The lowest BCUT2D eigenvalue weighted by Gasteiger charge is -2.17. The maximum atomic E-state index is 11.4. The second-order valence-electron chi connectivity index (χ2n) is 3.80. The Bertz CT molecular complexity index is 356. The minimum absolute atomic E-state index is 0.116. The minimum atomic E-state index is -1.09. The number of carbonyl (C=O) groups excluding carboxylic acids is 1. The van der Waals surface area contributed by atoms with Crippen molar-refractivity contribution in [1.29, 1.82) is 0 Å². The van der Waals surface area contributed by atoms with Gasteiger partial charge in [-0.1, -0.05) is 5.16 Å². The maximum absolute atomic E-state index is 11.4. The van der Waals surface area contributed by atoms with Crippen molar-refractivity contribution in [3.63, 3.8) is 0 Å². The van der Waals surface area contributed by atoms with E-state index in [1.54, 1.807) is 0 Å². The third-order valence-electron chi connectivity index (χ3n) is 1.89. The average molecular weight is 212 g/mol. The number of anilines is 1. The summed E-state index contributed by atoms with van der Waals surface area (Å²) in [6.07, 6.45) is 1.20. The van der Waals surface area contributed by atoms with Gasteiger partial charge in [-0.3, -0.25) is 9.59 Å². The molecule has 1 heterocycles. The summed E-state index contributed by atoms with van der Waals surface area (Å²) in [6, 6.07) is 1.48. The molecule has 0 bridgehead atoms. The van der Waals surface area contributed by atoms with Crippen LogP contribution in [0.25, 0.3) is 0 Å². The first kappa shape index (κ1) is 11.2. The number of nitrogens with zero attached hydrogens (tertiary/aromatic N) is 1. The molecule has 0 aromatic carbocycles. The largest absolute Gasteiger partial charge is 0.481 e. The summed E-state index contributed by atoms with van der Waals surface area (Å²) < 4.78 is 4.51. The van der Waals surface area contributed by atoms with E-state index >= 15 is 0 Å². The third kappa shape index (κ3) is 3.08. The van der Waals surface area contributed by atoms with Crippen LogP contribution in [0.15, 0.2) is 16.9 Å². The summed E-state index contributed by atoms with van der Waals surface area (Å²) in [5, 5.41) is 14.7. The predicted octanol–water partition coefficient (Wildman–Crippen LogP) is 1.11. The molecule has 0 radical (unpaired) electrons. The summed E-state index contributed by atoms with van der Waals surface area (Å²) >= 11 is 0. The second-order valence-corrected chi connectivity index (χ2v) is 3.80. The number of aromatic nitrogens is 1. The first-order chi connectivity index (χ1) is 6.92. The van der Waals surface area contributed by atoms with Crippen molar-refractivity contribution in [3.05, 3.63) is 12.3 Å². The smallest absolute Gasteiger partial charge is 0.309 e. The zero-order valence-electron chi connectivity index (χ0n) is 8.48. The molecule has 6 nitrogen and oxygen atoms in total. The predicted molar refractivity (Wildman–Crippen MR) is 51.2 cm³/mol. The number of hydrogen-bond donors (Lipinski definition) is 2. The Balaban J connectivity index is 2.53. The molecule has 0 unspecified atom stereocenters. The molecular weight excluding hydrogens is 200 g/mol. The lowest BCUT2D eigenvalue weighted by Crippen LogP contribution is -2.29. The van der Waals surface area contributed by atoms with Crippen molar-refractivity contribution in [3.8, 4) is 0 Å². The third-order valence-corrected chi connectivity index (χ3v) is 1.89. The van der Waals surface area contributed by atoms with E-state index in [0.29, 0.717) is 0 Å². The van der Waals surface area contributed by atoms with Gasteiger partial charge in [-0.2, -0.15) is 0 Å². The van der Waals surface area contributed by atoms with E-state index in [2.05, 4.69) is 15.0 Å². The standard InChI is InChI=1S/C9H12N2O4/c1-9(2,8(13)14)5-7(12)10-6-3-4-15-11-6/h3-4H,5H2,1-2H3,(H,13,14)(H,10,11,12). The fraction of sp³-hybridized carbons (Fsp3) is 0.444. The van der Waals surface area contributed by atoms with Gasteiger partial charge < -0.3 is 14.9 Å². The molecule has 0 fully saturated rings. The highest BCUT2D eigenvalue weighted by molar-refractivity contribution is 5.93. The van der Waals surface area contributed by atoms with Crippen molar-refractivity contribution in [2.45, 2.75) is 20.3 Å². The van der Waals surface area contributed by atoms with Gasteiger partial charge in [-0.15, -0.1) is 0 Å². The molecule has 1 rings (SSSR count). The topological polar surface area (TPSA) is 92.4 Å². The van der Waals surface area contributed by atoms with Crippen LogP contribution in [0.3, 0.4) is 0 Å². The van der Waals surface area contributed by atoms with Crippen LogP contribution < -0.4 is 5.32 Å². The Hall–Kier alpha value is -1.85. The highest BCUT2D eigenvalue weighted by atomic mass is 16.5. The Morgan fingerprint density at radius 2 is 2.27 bits per heavy atom. The first-order valence-electron chi connectivity index (χ1n) is 4.35. The highest BCUT2D eigenvalue weighted by Crippen LogP contribution is 2.20. The molecule has 1 aromatic rings. The molecule has 6 heteroatoms. The van der Waals surface area contributed by atoms with E-state index in [9.17, 15) is 9.59 Å². The van der Waals surface area contributed by atoms with Gasteiger partial charge >= 0.3 is 5.97 Å². The average Bonchev–Trinajstić information content (AvgIpc) is 2.54. The Morgan fingerprint density at radius 3 is 2.73 bits per heavy atom. The van der Waals surface area contributed by atoms with E-state index in [1.165, 1.54) is 26.2 Å². The van der Waals surface area contributed by atoms with E-state index in [4.69, 9.17) is 5.11 Å². The monoisotopic (exact) mass is 212 g/mol. The first-order valence-corrected chi connectivity index (χ1v) is 4.35. The molecule has 0 aliphatic carbocycles. The van der Waals surface area contributed by atoms with Crippen LogP contribution in [-0.2, 0) is 9.59 Å².